The van der Waals surface area contributed by atoms with Gasteiger partial charge >= 0.3 is 0 Å². The summed E-state index contributed by atoms with van der Waals surface area (Å²) in [4.78, 5) is 21.6. The fourth-order valence-corrected chi connectivity index (χ4v) is 2.94. The number of nitrogens with one attached hydrogen (secondary N) is 2. The second-order valence-corrected chi connectivity index (χ2v) is 7.16. The molecule has 3 rings (SSSR count). The number of pyridine rings is 2. The second kappa shape index (κ2) is 9.27. The molecule has 3 heterocycles. The van der Waals surface area contributed by atoms with Crippen LogP contribution >= 0.6 is 0 Å². The van der Waals surface area contributed by atoms with Gasteiger partial charge in [-0.15, -0.1) is 4.80 Å². The van der Waals surface area contributed by atoms with Crippen LogP contribution in [0.15, 0.2) is 36.9 Å². The number of carbonyl (C=O) groups excluding carboxylic acids is 1. The van der Waals surface area contributed by atoms with E-state index in [0.29, 0.717) is 23.8 Å². The molecule has 3 aromatic heterocycles. The largest absolute Gasteiger partial charge is 0.365 e. The van der Waals surface area contributed by atoms with Crippen molar-refractivity contribution in [2.45, 2.75) is 26.3 Å². The van der Waals surface area contributed by atoms with Crippen molar-refractivity contribution >= 4 is 23.2 Å². The van der Waals surface area contributed by atoms with Crippen molar-refractivity contribution in [3.63, 3.8) is 0 Å². The molecule has 0 aliphatic rings. The Morgan fingerprint density at radius 3 is 2.57 bits per heavy atom. The Bertz CT molecular complexity index is 1010. The van der Waals surface area contributed by atoms with Crippen LogP contribution in [0, 0.1) is 11.7 Å². The summed E-state index contributed by atoms with van der Waals surface area (Å²) in [5.41, 5.74) is 12.2. The van der Waals surface area contributed by atoms with Crippen molar-refractivity contribution in [2.75, 3.05) is 17.2 Å². The van der Waals surface area contributed by atoms with Crippen molar-refractivity contribution < 1.29 is 9.18 Å². The Kier molecular flexibility index (Phi) is 6.52. The molecule has 0 spiro atoms. The van der Waals surface area contributed by atoms with E-state index in [1.807, 2.05) is 13.8 Å². The first-order valence-electron chi connectivity index (χ1n) is 9.43. The van der Waals surface area contributed by atoms with Gasteiger partial charge in [0, 0.05) is 12.6 Å². The zero-order chi connectivity index (χ0) is 21.7. The molecule has 0 unspecified atom stereocenters. The number of halogens is 1. The van der Waals surface area contributed by atoms with E-state index in [1.165, 1.54) is 23.4 Å². The molecule has 1 amide bonds. The Morgan fingerprint density at radius 2 is 1.93 bits per heavy atom. The first kappa shape index (κ1) is 21.1. The number of aromatic nitrogens is 5. The fourth-order valence-electron chi connectivity index (χ4n) is 2.94. The topological polar surface area (TPSA) is 150 Å². The van der Waals surface area contributed by atoms with Crippen LogP contribution in [0.1, 0.15) is 30.6 Å². The molecule has 0 bridgehead atoms. The molecule has 0 saturated heterocycles. The molecule has 0 aliphatic heterocycles. The second-order valence-electron chi connectivity index (χ2n) is 7.16. The lowest BCUT2D eigenvalue weighted by Crippen LogP contribution is -2.31. The van der Waals surface area contributed by atoms with Crippen molar-refractivity contribution in [2.24, 2.45) is 17.4 Å². The highest BCUT2D eigenvalue weighted by molar-refractivity contribution is 5.98. The van der Waals surface area contributed by atoms with Crippen LogP contribution in [0.2, 0.25) is 0 Å². The maximum absolute atomic E-state index is 14.6. The van der Waals surface area contributed by atoms with Gasteiger partial charge in [-0.05, 0) is 24.5 Å². The van der Waals surface area contributed by atoms with Crippen molar-refractivity contribution in [1.29, 1.82) is 0 Å². The highest BCUT2D eigenvalue weighted by Gasteiger charge is 2.19. The minimum absolute atomic E-state index is 0.0172. The highest BCUT2D eigenvalue weighted by Crippen LogP contribution is 2.25. The number of hydrogen-bond acceptors (Lipinski definition) is 8. The number of anilines is 3. The van der Waals surface area contributed by atoms with Gasteiger partial charge in [-0.1, -0.05) is 13.8 Å². The van der Waals surface area contributed by atoms with Crippen molar-refractivity contribution in [3.8, 4) is 5.69 Å². The fraction of sp³-hybridized carbons (Fsp3) is 0.316. The lowest BCUT2D eigenvalue weighted by Gasteiger charge is -2.21. The first-order valence-corrected chi connectivity index (χ1v) is 9.43. The summed E-state index contributed by atoms with van der Waals surface area (Å²) < 4.78 is 14.6. The van der Waals surface area contributed by atoms with Crippen LogP contribution in [-0.4, -0.2) is 43.5 Å². The van der Waals surface area contributed by atoms with Gasteiger partial charge in [0.1, 0.15) is 11.5 Å². The maximum atomic E-state index is 14.6. The number of rotatable bonds is 9. The van der Waals surface area contributed by atoms with E-state index < -0.39 is 11.7 Å². The van der Waals surface area contributed by atoms with E-state index in [1.54, 1.807) is 12.3 Å². The predicted octanol–water partition coefficient (Wildman–Crippen LogP) is 1.82. The number of nitrogens with two attached hydrogens (primary N) is 2. The summed E-state index contributed by atoms with van der Waals surface area (Å²) in [7, 11) is 0. The van der Waals surface area contributed by atoms with Crippen LogP contribution in [0.3, 0.4) is 0 Å². The molecule has 0 saturated carbocycles. The van der Waals surface area contributed by atoms with E-state index in [0.717, 1.165) is 12.5 Å². The summed E-state index contributed by atoms with van der Waals surface area (Å²) in [6, 6.07) is 2.59. The van der Waals surface area contributed by atoms with Crippen LogP contribution in [0.4, 0.5) is 21.7 Å². The monoisotopic (exact) mass is 413 g/mol. The van der Waals surface area contributed by atoms with Gasteiger partial charge in [0.25, 0.3) is 5.91 Å². The third-order valence-corrected chi connectivity index (χ3v) is 4.26. The molecule has 1 atom stereocenters. The van der Waals surface area contributed by atoms with Crippen molar-refractivity contribution in [3.05, 3.63) is 48.3 Å². The van der Waals surface area contributed by atoms with Gasteiger partial charge in [-0.25, -0.2) is 9.37 Å². The first-order chi connectivity index (χ1) is 14.4. The SMILES string of the molecule is CC(C)C[C@H](CN)Nc1nc(Nc2cncc(-n3nccn3)c2)c(C(N)=O)cc1F. The molecular weight excluding hydrogens is 389 g/mol. The number of carbonyl (C=O) groups is 1. The van der Waals surface area contributed by atoms with Gasteiger partial charge in [0.2, 0.25) is 0 Å². The van der Waals surface area contributed by atoms with E-state index >= 15 is 0 Å². The van der Waals surface area contributed by atoms with E-state index in [9.17, 15) is 9.18 Å². The number of nitrogens with zero attached hydrogens (tertiary/aromatic N) is 5. The molecule has 10 nitrogen and oxygen atoms in total. The lowest BCUT2D eigenvalue weighted by atomic mass is 10.0. The summed E-state index contributed by atoms with van der Waals surface area (Å²) in [5.74, 6) is -1.06. The Morgan fingerprint density at radius 1 is 1.20 bits per heavy atom. The van der Waals surface area contributed by atoms with Crippen LogP contribution in [0.5, 0.6) is 0 Å². The van der Waals surface area contributed by atoms with Gasteiger partial charge in [-0.2, -0.15) is 10.2 Å². The number of hydrogen-bond donors (Lipinski definition) is 4. The minimum atomic E-state index is -0.814. The predicted molar refractivity (Wildman–Crippen MR) is 111 cm³/mol. The lowest BCUT2D eigenvalue weighted by molar-refractivity contribution is 0.100. The average molecular weight is 413 g/mol. The van der Waals surface area contributed by atoms with Gasteiger partial charge in [0.15, 0.2) is 11.6 Å². The third-order valence-electron chi connectivity index (χ3n) is 4.26. The number of amides is 1. The van der Waals surface area contributed by atoms with Gasteiger partial charge in [0.05, 0.1) is 36.0 Å². The molecular formula is C19H24FN9O. The number of primary amides is 1. The van der Waals surface area contributed by atoms with E-state index in [2.05, 4.69) is 30.8 Å². The molecule has 158 valence electrons. The summed E-state index contributed by atoms with van der Waals surface area (Å²) >= 11 is 0. The molecule has 0 aromatic carbocycles. The van der Waals surface area contributed by atoms with Gasteiger partial charge < -0.3 is 22.1 Å². The zero-order valence-electron chi connectivity index (χ0n) is 16.7. The highest BCUT2D eigenvalue weighted by atomic mass is 19.1. The molecule has 0 radical (unpaired) electrons. The Labute approximate surface area is 172 Å². The summed E-state index contributed by atoms with van der Waals surface area (Å²) in [6.45, 7) is 4.40. The van der Waals surface area contributed by atoms with Crippen LogP contribution in [0.25, 0.3) is 5.69 Å². The molecule has 30 heavy (non-hydrogen) atoms. The minimum Gasteiger partial charge on any atom is -0.365 e. The van der Waals surface area contributed by atoms with Crippen molar-refractivity contribution in [1.82, 2.24) is 25.0 Å². The average Bonchev–Trinajstić information content (AvgIpc) is 3.24. The Balaban J connectivity index is 1.93. The standard InChI is InChI=1S/C19H24FN9O/c1-11(2)5-12(8-21)26-19-16(20)7-15(17(22)30)18(28-19)27-13-6-14(10-23-9-13)29-24-3-4-25-29/h3-4,6-7,9-12H,5,8,21H2,1-2H3,(H2,22,30)(H2,26,27,28)/t12-/m1/s1. The smallest absolute Gasteiger partial charge is 0.252 e. The maximum Gasteiger partial charge on any atom is 0.252 e. The molecule has 11 heteroatoms. The molecule has 0 aliphatic carbocycles. The molecule has 3 aromatic rings. The van der Waals surface area contributed by atoms with Crippen LogP contribution in [-0.2, 0) is 0 Å². The third kappa shape index (κ3) is 5.06. The van der Waals surface area contributed by atoms with E-state index in [-0.39, 0.29) is 23.2 Å². The quantitative estimate of drug-likeness (QED) is 0.415. The molecule has 6 N–H and O–H groups in total. The Hall–Kier alpha value is -3.60. The molecule has 0 fully saturated rings. The van der Waals surface area contributed by atoms with Crippen LogP contribution < -0.4 is 22.1 Å². The normalized spacial score (nSPS) is 12.0. The van der Waals surface area contributed by atoms with Gasteiger partial charge in [-0.3, -0.25) is 9.78 Å². The van der Waals surface area contributed by atoms with E-state index in [4.69, 9.17) is 11.5 Å². The summed E-state index contributed by atoms with van der Waals surface area (Å²) in [6.07, 6.45) is 6.91. The summed E-state index contributed by atoms with van der Waals surface area (Å²) in [5, 5.41) is 14.1. The zero-order valence-corrected chi connectivity index (χ0v) is 16.7.